The summed E-state index contributed by atoms with van der Waals surface area (Å²) in [6, 6.07) is 2.63. The average Bonchev–Trinajstić information content (AvgIpc) is 3.10. The van der Waals surface area contributed by atoms with Crippen LogP contribution >= 0.6 is 0 Å². The van der Waals surface area contributed by atoms with E-state index in [-0.39, 0.29) is 30.6 Å². The van der Waals surface area contributed by atoms with Gasteiger partial charge < -0.3 is 15.4 Å². The molecule has 198 valence electrons. The molecule has 0 radical (unpaired) electrons. The molecule has 1 aromatic carbocycles. The van der Waals surface area contributed by atoms with Gasteiger partial charge in [0.1, 0.15) is 12.3 Å². The summed E-state index contributed by atoms with van der Waals surface area (Å²) in [7, 11) is 0. The molecule has 0 unspecified atom stereocenters. The fraction of sp³-hybridized carbons (Fsp3) is 0.522. The summed E-state index contributed by atoms with van der Waals surface area (Å²) in [6.07, 6.45) is -7.78. The van der Waals surface area contributed by atoms with Gasteiger partial charge in [0.25, 0.3) is 0 Å². The normalized spacial score (nSPS) is 14.4. The number of carbonyl (C=O) groups is 2. The molecule has 7 nitrogen and oxygen atoms in total. The minimum Gasteiger partial charge on any atom is -0.445 e. The number of Topliss-reactive ketones (excluding diaryl/α,β-unsaturated/α-hetero) is 1. The number of unbranched alkanes of at least 4 members (excludes halogenated alkanes) is 2. The molecule has 1 aliphatic heterocycles. The molecule has 0 saturated carbocycles. The molecule has 1 aromatic heterocycles. The number of aromatic nitrogens is 2. The third-order valence-electron chi connectivity index (χ3n) is 5.68. The molecule has 2 aromatic rings. The third kappa shape index (κ3) is 7.21. The van der Waals surface area contributed by atoms with Gasteiger partial charge in [0, 0.05) is 19.5 Å². The second-order valence-electron chi connectivity index (χ2n) is 8.51. The summed E-state index contributed by atoms with van der Waals surface area (Å²) < 4.78 is 85.0. The number of aryl methyl sites for hydroxylation is 1. The van der Waals surface area contributed by atoms with Crippen molar-refractivity contribution >= 4 is 11.9 Å². The van der Waals surface area contributed by atoms with Gasteiger partial charge in [-0.15, -0.1) is 0 Å². The van der Waals surface area contributed by atoms with Crippen LogP contribution in [-0.4, -0.2) is 39.6 Å². The van der Waals surface area contributed by atoms with Gasteiger partial charge in [0.15, 0.2) is 5.78 Å². The summed E-state index contributed by atoms with van der Waals surface area (Å²) in [5.74, 6) is -0.133. The molecule has 2 N–H and O–H groups in total. The minimum absolute atomic E-state index is 0.0123. The number of ether oxygens (including phenoxy) is 1. The first kappa shape index (κ1) is 27.5. The molecule has 13 heteroatoms. The molecule has 1 aliphatic rings. The van der Waals surface area contributed by atoms with Gasteiger partial charge in [0.05, 0.1) is 23.4 Å². The number of hydrogen-bond donors (Lipinski definition) is 1. The number of rotatable bonds is 8. The smallest absolute Gasteiger partial charge is 0.416 e. The van der Waals surface area contributed by atoms with Crippen molar-refractivity contribution in [2.45, 2.75) is 64.2 Å². The fourth-order valence-corrected chi connectivity index (χ4v) is 3.83. The second kappa shape index (κ2) is 11.3. The Morgan fingerprint density at radius 2 is 1.61 bits per heavy atom. The van der Waals surface area contributed by atoms with Gasteiger partial charge in [-0.2, -0.15) is 31.4 Å². The summed E-state index contributed by atoms with van der Waals surface area (Å²) in [5, 5.41) is 4.31. The van der Waals surface area contributed by atoms with Crippen molar-refractivity contribution in [3.8, 4) is 0 Å². The Bertz CT molecular complexity index is 1050. The topological polar surface area (TPSA) is 90.5 Å². The van der Waals surface area contributed by atoms with Crippen molar-refractivity contribution in [2.24, 2.45) is 5.73 Å². The van der Waals surface area contributed by atoms with E-state index in [1.165, 1.54) is 4.90 Å². The van der Waals surface area contributed by atoms with Gasteiger partial charge in [0.2, 0.25) is 0 Å². The first-order valence-corrected chi connectivity index (χ1v) is 11.4. The van der Waals surface area contributed by atoms with Crippen LogP contribution in [-0.2, 0) is 36.8 Å². The predicted octanol–water partition coefficient (Wildman–Crippen LogP) is 5.17. The van der Waals surface area contributed by atoms with Gasteiger partial charge >= 0.3 is 18.4 Å². The third-order valence-corrected chi connectivity index (χ3v) is 5.68. The number of amides is 1. The Morgan fingerprint density at radius 1 is 0.944 bits per heavy atom. The van der Waals surface area contributed by atoms with Crippen LogP contribution in [0.5, 0.6) is 0 Å². The van der Waals surface area contributed by atoms with Gasteiger partial charge in [-0.3, -0.25) is 9.48 Å². The number of nitrogens with two attached hydrogens (primary N) is 1. The Morgan fingerprint density at radius 3 is 2.22 bits per heavy atom. The predicted molar refractivity (Wildman–Crippen MR) is 116 cm³/mol. The minimum atomic E-state index is -5.00. The average molecular weight is 520 g/mol. The number of carbonyl (C=O) groups excluding carboxylic acids is 2. The number of fused-ring (bicyclic) bond motifs is 1. The lowest BCUT2D eigenvalue weighted by molar-refractivity contribution is -0.143. The Labute approximate surface area is 203 Å². The summed E-state index contributed by atoms with van der Waals surface area (Å²) >= 11 is 0. The molecule has 0 fully saturated rings. The van der Waals surface area contributed by atoms with Gasteiger partial charge in [-0.25, -0.2) is 4.79 Å². The second-order valence-corrected chi connectivity index (χ2v) is 8.51. The van der Waals surface area contributed by atoms with Crippen LogP contribution in [0.15, 0.2) is 24.3 Å². The van der Waals surface area contributed by atoms with E-state index in [1.54, 1.807) is 10.7 Å². The molecule has 0 atom stereocenters. The molecular weight excluding hydrogens is 494 g/mol. The molecule has 0 bridgehead atoms. The molecule has 0 saturated heterocycles. The van der Waals surface area contributed by atoms with Crippen LogP contribution in [0.1, 0.15) is 65.0 Å². The van der Waals surface area contributed by atoms with Gasteiger partial charge in [-0.1, -0.05) is 6.42 Å². The first-order valence-electron chi connectivity index (χ1n) is 11.4. The monoisotopic (exact) mass is 520 g/mol. The van der Waals surface area contributed by atoms with E-state index in [9.17, 15) is 35.9 Å². The van der Waals surface area contributed by atoms with E-state index >= 15 is 0 Å². The van der Waals surface area contributed by atoms with Crippen molar-refractivity contribution in [1.82, 2.24) is 14.7 Å². The SMILES string of the molecule is NCCCCCC(=O)c1cc2n(n1)CCCN(C(=O)OCc1cc(C(F)(F)F)cc(C(F)(F)F)c1)C2. The molecular formula is C23H26F6N4O3. The highest BCUT2D eigenvalue weighted by molar-refractivity contribution is 5.94. The highest BCUT2D eigenvalue weighted by atomic mass is 19.4. The van der Waals surface area contributed by atoms with E-state index < -0.39 is 41.7 Å². The van der Waals surface area contributed by atoms with E-state index in [0.717, 1.165) is 12.8 Å². The standard InChI is InChI=1S/C23H26F6N4O3/c24-22(25,26)16-9-15(10-17(11-16)23(27,28)29)14-36-21(35)32-7-4-8-33-18(13-32)12-19(31-33)20(34)5-2-1-3-6-30/h9-12H,1-8,13-14,30H2. The lowest BCUT2D eigenvalue weighted by Crippen LogP contribution is -2.31. The van der Waals surface area contributed by atoms with Crippen molar-refractivity contribution in [1.29, 1.82) is 0 Å². The number of nitrogens with zero attached hydrogens (tertiary/aromatic N) is 3. The Hall–Kier alpha value is -3.09. The number of benzene rings is 1. The summed E-state index contributed by atoms with van der Waals surface area (Å²) in [6.45, 7) is 0.482. The Balaban J connectivity index is 1.66. The summed E-state index contributed by atoms with van der Waals surface area (Å²) in [5.41, 5.74) is 2.89. The zero-order valence-electron chi connectivity index (χ0n) is 19.3. The van der Waals surface area contributed by atoms with Gasteiger partial charge in [-0.05, 0) is 55.6 Å². The molecule has 2 heterocycles. The van der Waals surface area contributed by atoms with E-state index in [0.29, 0.717) is 50.2 Å². The molecule has 3 rings (SSSR count). The Kier molecular flexibility index (Phi) is 8.64. The van der Waals surface area contributed by atoms with E-state index in [4.69, 9.17) is 10.5 Å². The number of halogens is 6. The zero-order chi connectivity index (χ0) is 26.5. The lowest BCUT2D eigenvalue weighted by Gasteiger charge is -2.20. The van der Waals surface area contributed by atoms with Crippen molar-refractivity contribution < 1.29 is 40.7 Å². The number of hydrogen-bond acceptors (Lipinski definition) is 5. The van der Waals surface area contributed by atoms with E-state index in [2.05, 4.69) is 5.10 Å². The van der Waals surface area contributed by atoms with Crippen molar-refractivity contribution in [3.05, 3.63) is 52.3 Å². The maximum Gasteiger partial charge on any atom is 0.416 e. The quantitative estimate of drug-likeness (QED) is 0.295. The highest BCUT2D eigenvalue weighted by Crippen LogP contribution is 2.36. The molecule has 36 heavy (non-hydrogen) atoms. The van der Waals surface area contributed by atoms with Crippen molar-refractivity contribution in [2.75, 3.05) is 13.1 Å². The van der Waals surface area contributed by atoms with Crippen molar-refractivity contribution in [3.63, 3.8) is 0 Å². The highest BCUT2D eigenvalue weighted by Gasteiger charge is 2.37. The fourth-order valence-electron chi connectivity index (χ4n) is 3.83. The molecule has 0 aliphatic carbocycles. The largest absolute Gasteiger partial charge is 0.445 e. The van der Waals surface area contributed by atoms with Crippen LogP contribution in [0.25, 0.3) is 0 Å². The number of alkyl halides is 6. The maximum atomic E-state index is 13.1. The molecule has 0 spiro atoms. The summed E-state index contributed by atoms with van der Waals surface area (Å²) in [4.78, 5) is 26.3. The van der Waals surface area contributed by atoms with Crippen LogP contribution < -0.4 is 5.73 Å². The van der Waals surface area contributed by atoms with E-state index in [1.807, 2.05) is 0 Å². The number of ketones is 1. The van der Waals surface area contributed by atoms with Crippen LogP contribution in [0.3, 0.4) is 0 Å². The lowest BCUT2D eigenvalue weighted by atomic mass is 10.1. The van der Waals surface area contributed by atoms with Crippen LogP contribution in [0, 0.1) is 0 Å². The maximum absolute atomic E-state index is 13.1. The molecule has 1 amide bonds. The van der Waals surface area contributed by atoms with Crippen LogP contribution in [0.2, 0.25) is 0 Å². The van der Waals surface area contributed by atoms with Crippen LogP contribution in [0.4, 0.5) is 31.1 Å². The first-order chi connectivity index (χ1) is 16.9. The zero-order valence-corrected chi connectivity index (χ0v) is 19.3.